The molecule has 1 aliphatic rings. The van der Waals surface area contributed by atoms with Crippen LogP contribution >= 0.6 is 0 Å². The Morgan fingerprint density at radius 3 is 2.45 bits per heavy atom. The van der Waals surface area contributed by atoms with E-state index in [1.165, 1.54) is 6.07 Å². The highest BCUT2D eigenvalue weighted by molar-refractivity contribution is 7.92. The smallest absolute Gasteiger partial charge is 0.317 e. The molecule has 1 saturated heterocycles. The van der Waals surface area contributed by atoms with Crippen molar-refractivity contribution in [2.45, 2.75) is 29.7 Å². The second kappa shape index (κ2) is 5.73. The lowest BCUT2D eigenvalue weighted by molar-refractivity contribution is -0.0436. The van der Waals surface area contributed by atoms with Gasteiger partial charge in [-0.15, -0.1) is 0 Å². The molecule has 1 aromatic carbocycles. The minimum Gasteiger partial charge on any atom is -0.317 e. The second-order valence-corrected chi connectivity index (χ2v) is 6.94. The first kappa shape index (κ1) is 15.3. The molecule has 1 heterocycles. The summed E-state index contributed by atoms with van der Waals surface area (Å²) in [6, 6.07) is 5.19. The summed E-state index contributed by atoms with van der Waals surface area (Å²) in [6.07, 6.45) is 2.52. The van der Waals surface area contributed by atoms with E-state index in [-0.39, 0.29) is 0 Å². The molecule has 1 aliphatic heterocycles. The second-order valence-electron chi connectivity index (χ2n) is 4.99. The molecule has 7 heteroatoms. The lowest BCUT2D eigenvalue weighted by Gasteiger charge is -2.22. The summed E-state index contributed by atoms with van der Waals surface area (Å²) < 4.78 is 60.3. The molecule has 1 aromatic rings. The molecule has 0 aliphatic carbocycles. The molecule has 0 amide bonds. The van der Waals surface area contributed by atoms with Crippen LogP contribution in [0.1, 0.15) is 18.4 Å². The molecular formula is C13H16F3NO2S. The van der Waals surface area contributed by atoms with Gasteiger partial charge in [0.05, 0.1) is 4.90 Å². The lowest BCUT2D eigenvalue weighted by Crippen LogP contribution is -2.28. The van der Waals surface area contributed by atoms with E-state index < -0.39 is 20.2 Å². The fraction of sp³-hybridized carbons (Fsp3) is 0.538. The number of rotatable bonds is 3. The van der Waals surface area contributed by atoms with Crippen molar-refractivity contribution in [1.29, 1.82) is 0 Å². The first-order valence-electron chi connectivity index (χ1n) is 6.42. The Hall–Kier alpha value is -1.08. The molecule has 0 atom stereocenters. The van der Waals surface area contributed by atoms with Gasteiger partial charge in [0.15, 0.2) is 0 Å². The predicted octanol–water partition coefficient (Wildman–Crippen LogP) is 2.52. The zero-order valence-electron chi connectivity index (χ0n) is 10.8. The topological polar surface area (TPSA) is 46.2 Å². The zero-order valence-corrected chi connectivity index (χ0v) is 11.6. The molecule has 1 N–H and O–H groups in total. The van der Waals surface area contributed by atoms with Crippen molar-refractivity contribution in [3.8, 4) is 0 Å². The van der Waals surface area contributed by atoms with Crippen molar-refractivity contribution >= 4 is 9.84 Å². The Labute approximate surface area is 116 Å². The minimum absolute atomic E-state index is 0.389. The van der Waals surface area contributed by atoms with Crippen molar-refractivity contribution < 1.29 is 21.6 Å². The molecular weight excluding hydrogens is 291 g/mol. The van der Waals surface area contributed by atoms with Gasteiger partial charge in [0, 0.05) is 0 Å². The predicted molar refractivity (Wildman–Crippen MR) is 69.0 cm³/mol. The SMILES string of the molecule is O=S(=O)(c1cccc(CC2CCNCC2)c1)C(F)(F)F. The number of alkyl halides is 3. The molecule has 0 saturated carbocycles. The van der Waals surface area contributed by atoms with Gasteiger partial charge in [-0.3, -0.25) is 0 Å². The number of benzene rings is 1. The van der Waals surface area contributed by atoms with E-state index in [1.54, 1.807) is 6.07 Å². The van der Waals surface area contributed by atoms with Gasteiger partial charge in [-0.05, 0) is 56.0 Å². The van der Waals surface area contributed by atoms with Crippen molar-refractivity contribution in [2.24, 2.45) is 5.92 Å². The number of nitrogens with one attached hydrogen (secondary N) is 1. The van der Waals surface area contributed by atoms with Crippen LogP contribution < -0.4 is 5.32 Å². The van der Waals surface area contributed by atoms with E-state index in [0.29, 0.717) is 17.9 Å². The van der Waals surface area contributed by atoms with Gasteiger partial charge in [0.2, 0.25) is 0 Å². The Kier molecular flexibility index (Phi) is 4.39. The van der Waals surface area contributed by atoms with Crippen molar-refractivity contribution in [2.75, 3.05) is 13.1 Å². The molecule has 1 fully saturated rings. The summed E-state index contributed by atoms with van der Waals surface area (Å²) in [4.78, 5) is -0.670. The number of sulfone groups is 1. The maximum atomic E-state index is 12.5. The Bertz CT molecular complexity index is 563. The van der Waals surface area contributed by atoms with Crippen molar-refractivity contribution in [3.05, 3.63) is 29.8 Å². The maximum Gasteiger partial charge on any atom is 0.501 e. The van der Waals surface area contributed by atoms with Crippen LogP contribution in [0.25, 0.3) is 0 Å². The van der Waals surface area contributed by atoms with Crippen LogP contribution in [-0.2, 0) is 16.3 Å². The largest absolute Gasteiger partial charge is 0.501 e. The average Bonchev–Trinajstić information content (AvgIpc) is 2.39. The molecule has 112 valence electrons. The van der Waals surface area contributed by atoms with Gasteiger partial charge in [-0.2, -0.15) is 13.2 Å². The third-order valence-corrected chi connectivity index (χ3v) is 4.98. The van der Waals surface area contributed by atoms with E-state index in [4.69, 9.17) is 0 Å². The third kappa shape index (κ3) is 3.32. The highest BCUT2D eigenvalue weighted by Crippen LogP contribution is 2.31. The summed E-state index contributed by atoms with van der Waals surface area (Å²) in [5.41, 5.74) is -4.61. The van der Waals surface area contributed by atoms with Crippen LogP contribution in [-0.4, -0.2) is 27.0 Å². The molecule has 0 radical (unpaired) electrons. The highest BCUT2D eigenvalue weighted by atomic mass is 32.2. The monoisotopic (exact) mass is 307 g/mol. The highest BCUT2D eigenvalue weighted by Gasteiger charge is 2.46. The van der Waals surface area contributed by atoms with Crippen molar-refractivity contribution in [3.63, 3.8) is 0 Å². The molecule has 0 bridgehead atoms. The van der Waals surface area contributed by atoms with E-state index >= 15 is 0 Å². The number of hydrogen-bond acceptors (Lipinski definition) is 3. The standard InChI is InChI=1S/C13H16F3NO2S/c14-13(15,16)20(18,19)12-3-1-2-11(9-12)8-10-4-6-17-7-5-10/h1-3,9-10,17H,4-8H2. The van der Waals surface area contributed by atoms with Crippen LogP contribution in [0.4, 0.5) is 13.2 Å². The van der Waals surface area contributed by atoms with E-state index in [2.05, 4.69) is 5.32 Å². The van der Waals surface area contributed by atoms with E-state index in [0.717, 1.165) is 38.1 Å². The maximum absolute atomic E-state index is 12.5. The van der Waals surface area contributed by atoms with Crippen molar-refractivity contribution in [1.82, 2.24) is 5.32 Å². The van der Waals surface area contributed by atoms with Gasteiger partial charge in [-0.1, -0.05) is 12.1 Å². The van der Waals surface area contributed by atoms with Gasteiger partial charge in [-0.25, -0.2) is 8.42 Å². The summed E-state index contributed by atoms with van der Waals surface area (Å²) in [6.45, 7) is 1.79. The summed E-state index contributed by atoms with van der Waals surface area (Å²) >= 11 is 0. The Morgan fingerprint density at radius 1 is 1.20 bits per heavy atom. The number of hydrogen-bond donors (Lipinski definition) is 1. The molecule has 0 spiro atoms. The quantitative estimate of drug-likeness (QED) is 0.933. The molecule has 0 unspecified atom stereocenters. The van der Waals surface area contributed by atoms with Crippen LogP contribution in [0, 0.1) is 5.92 Å². The summed E-state index contributed by atoms with van der Waals surface area (Å²) in [5, 5.41) is 3.21. The Morgan fingerprint density at radius 2 is 1.85 bits per heavy atom. The Balaban J connectivity index is 2.20. The molecule has 2 rings (SSSR count). The fourth-order valence-corrected chi connectivity index (χ4v) is 3.22. The first-order valence-corrected chi connectivity index (χ1v) is 7.90. The van der Waals surface area contributed by atoms with Gasteiger partial charge in [0.25, 0.3) is 9.84 Å². The summed E-state index contributed by atoms with van der Waals surface area (Å²) in [5.74, 6) is 0.389. The van der Waals surface area contributed by atoms with Gasteiger partial charge in [0.1, 0.15) is 0 Å². The van der Waals surface area contributed by atoms with Gasteiger partial charge < -0.3 is 5.32 Å². The van der Waals surface area contributed by atoms with Crippen LogP contribution in [0.5, 0.6) is 0 Å². The number of halogens is 3. The van der Waals surface area contributed by atoms with E-state index in [9.17, 15) is 21.6 Å². The molecule has 20 heavy (non-hydrogen) atoms. The van der Waals surface area contributed by atoms with Crippen LogP contribution in [0.15, 0.2) is 29.2 Å². The average molecular weight is 307 g/mol. The van der Waals surface area contributed by atoms with Crippen LogP contribution in [0.2, 0.25) is 0 Å². The molecule has 3 nitrogen and oxygen atoms in total. The van der Waals surface area contributed by atoms with E-state index in [1.807, 2.05) is 0 Å². The lowest BCUT2D eigenvalue weighted by atomic mass is 9.91. The molecule has 0 aromatic heterocycles. The normalized spacial score (nSPS) is 18.1. The zero-order chi connectivity index (χ0) is 14.8. The number of piperidine rings is 1. The minimum atomic E-state index is -5.25. The van der Waals surface area contributed by atoms with Crippen LogP contribution in [0.3, 0.4) is 0 Å². The van der Waals surface area contributed by atoms with Gasteiger partial charge >= 0.3 is 5.51 Å². The third-order valence-electron chi connectivity index (χ3n) is 3.50. The summed E-state index contributed by atoms with van der Waals surface area (Å²) in [7, 11) is -5.25. The fourth-order valence-electron chi connectivity index (χ4n) is 2.39. The first-order chi connectivity index (χ1) is 9.30.